The van der Waals surface area contributed by atoms with Crippen molar-refractivity contribution in [1.29, 1.82) is 0 Å². The Morgan fingerprint density at radius 2 is 1.96 bits per heavy atom. The fourth-order valence-electron chi connectivity index (χ4n) is 2.23. The molecule has 23 heavy (non-hydrogen) atoms. The summed E-state index contributed by atoms with van der Waals surface area (Å²) in [5.41, 5.74) is 2.28. The first-order chi connectivity index (χ1) is 11.0. The van der Waals surface area contributed by atoms with Gasteiger partial charge in [0.05, 0.1) is 12.6 Å². The molecule has 122 valence electrons. The van der Waals surface area contributed by atoms with E-state index in [9.17, 15) is 9.18 Å². The molecule has 0 aliphatic carbocycles. The van der Waals surface area contributed by atoms with E-state index >= 15 is 0 Å². The van der Waals surface area contributed by atoms with E-state index in [1.165, 1.54) is 17.7 Å². The molecule has 0 saturated heterocycles. The molecule has 1 unspecified atom stereocenters. The lowest BCUT2D eigenvalue weighted by atomic mass is 10.1. The van der Waals surface area contributed by atoms with Crippen molar-refractivity contribution in [3.63, 3.8) is 0 Å². The largest absolute Gasteiger partial charge is 0.493 e. The van der Waals surface area contributed by atoms with Crippen LogP contribution >= 0.6 is 0 Å². The van der Waals surface area contributed by atoms with Crippen molar-refractivity contribution in [2.24, 2.45) is 0 Å². The topological polar surface area (TPSA) is 38.3 Å². The van der Waals surface area contributed by atoms with Crippen LogP contribution in [0.3, 0.4) is 0 Å². The molecule has 4 heteroatoms. The second-order valence-electron chi connectivity index (χ2n) is 5.61. The number of halogens is 1. The van der Waals surface area contributed by atoms with Gasteiger partial charge in [-0.2, -0.15) is 0 Å². The first kappa shape index (κ1) is 17.0. The molecule has 0 bridgehead atoms. The second kappa shape index (κ2) is 8.32. The Kier molecular flexibility index (Phi) is 6.15. The quantitative estimate of drug-likeness (QED) is 0.779. The maximum absolute atomic E-state index is 13.0. The van der Waals surface area contributed by atoms with Gasteiger partial charge in [0, 0.05) is 12.5 Å². The van der Waals surface area contributed by atoms with Crippen LogP contribution in [0.5, 0.6) is 5.75 Å². The van der Waals surface area contributed by atoms with Crippen molar-refractivity contribution in [2.75, 3.05) is 6.61 Å². The van der Waals surface area contributed by atoms with Crippen LogP contribution in [0, 0.1) is 12.7 Å². The van der Waals surface area contributed by atoms with E-state index in [1.54, 1.807) is 12.1 Å². The first-order valence-electron chi connectivity index (χ1n) is 7.79. The van der Waals surface area contributed by atoms with E-state index in [0.717, 1.165) is 5.56 Å². The average Bonchev–Trinajstić information content (AvgIpc) is 2.52. The fourth-order valence-corrected chi connectivity index (χ4v) is 2.23. The molecule has 0 heterocycles. The number of aryl methyl sites for hydroxylation is 1. The SMILES string of the molecule is Cc1ccc(C(C)NC(=O)CCCOc2cccc(F)c2)cc1. The zero-order valence-corrected chi connectivity index (χ0v) is 13.5. The second-order valence-corrected chi connectivity index (χ2v) is 5.61. The molecule has 1 amide bonds. The molecule has 0 radical (unpaired) electrons. The van der Waals surface area contributed by atoms with E-state index in [-0.39, 0.29) is 17.8 Å². The predicted octanol–water partition coefficient (Wildman–Crippen LogP) is 4.17. The summed E-state index contributed by atoms with van der Waals surface area (Å²) >= 11 is 0. The minimum atomic E-state index is -0.327. The summed E-state index contributed by atoms with van der Waals surface area (Å²) in [4.78, 5) is 11.9. The fraction of sp³-hybridized carbons (Fsp3) is 0.316. The molecule has 2 aromatic rings. The summed E-state index contributed by atoms with van der Waals surface area (Å²) in [7, 11) is 0. The van der Waals surface area contributed by atoms with Crippen LogP contribution in [0.2, 0.25) is 0 Å². The Labute approximate surface area is 136 Å². The smallest absolute Gasteiger partial charge is 0.220 e. The summed E-state index contributed by atoms with van der Waals surface area (Å²) in [5, 5.41) is 2.97. The Morgan fingerprint density at radius 1 is 1.22 bits per heavy atom. The summed E-state index contributed by atoms with van der Waals surface area (Å²) < 4.78 is 18.4. The molecule has 2 rings (SSSR count). The Balaban J connectivity index is 1.69. The van der Waals surface area contributed by atoms with Crippen molar-refractivity contribution >= 4 is 5.91 Å². The van der Waals surface area contributed by atoms with E-state index in [1.807, 2.05) is 38.1 Å². The van der Waals surface area contributed by atoms with Crippen molar-refractivity contribution in [3.8, 4) is 5.75 Å². The normalized spacial score (nSPS) is 11.8. The number of ether oxygens (including phenoxy) is 1. The maximum Gasteiger partial charge on any atom is 0.220 e. The van der Waals surface area contributed by atoms with E-state index in [0.29, 0.717) is 25.2 Å². The number of hydrogen-bond donors (Lipinski definition) is 1. The monoisotopic (exact) mass is 315 g/mol. The lowest BCUT2D eigenvalue weighted by Gasteiger charge is -2.14. The summed E-state index contributed by atoms with van der Waals surface area (Å²) in [6.45, 7) is 4.38. The standard InChI is InChI=1S/C19H22FNO2/c1-14-8-10-16(11-9-14)15(2)21-19(22)7-4-12-23-18-6-3-5-17(20)13-18/h3,5-6,8-11,13,15H,4,7,12H2,1-2H3,(H,21,22). The van der Waals surface area contributed by atoms with E-state index < -0.39 is 0 Å². The molecule has 2 aromatic carbocycles. The van der Waals surface area contributed by atoms with Gasteiger partial charge in [-0.25, -0.2) is 4.39 Å². The third-order valence-electron chi connectivity index (χ3n) is 3.57. The van der Waals surface area contributed by atoms with Gasteiger partial charge in [0.1, 0.15) is 11.6 Å². The van der Waals surface area contributed by atoms with E-state index in [4.69, 9.17) is 4.74 Å². The van der Waals surface area contributed by atoms with Crippen molar-refractivity contribution in [3.05, 3.63) is 65.5 Å². The van der Waals surface area contributed by atoms with Gasteiger partial charge >= 0.3 is 0 Å². The summed E-state index contributed by atoms with van der Waals surface area (Å²) in [5.74, 6) is 0.145. The minimum absolute atomic E-state index is 0.0130. The zero-order valence-electron chi connectivity index (χ0n) is 13.5. The molecule has 0 aliphatic heterocycles. The highest BCUT2D eigenvalue weighted by atomic mass is 19.1. The number of hydrogen-bond acceptors (Lipinski definition) is 2. The molecule has 0 fully saturated rings. The molecule has 0 saturated carbocycles. The van der Waals surface area contributed by atoms with Gasteiger partial charge in [0.15, 0.2) is 0 Å². The first-order valence-corrected chi connectivity index (χ1v) is 7.79. The Hall–Kier alpha value is -2.36. The minimum Gasteiger partial charge on any atom is -0.493 e. The van der Waals surface area contributed by atoms with Gasteiger partial charge in [-0.1, -0.05) is 35.9 Å². The van der Waals surface area contributed by atoms with Crippen LogP contribution in [0.4, 0.5) is 4.39 Å². The molecule has 1 atom stereocenters. The lowest BCUT2D eigenvalue weighted by Crippen LogP contribution is -2.26. The molecule has 0 spiro atoms. The maximum atomic E-state index is 13.0. The number of amides is 1. The van der Waals surface area contributed by atoms with Crippen LogP contribution in [0.15, 0.2) is 48.5 Å². The average molecular weight is 315 g/mol. The molecule has 1 N–H and O–H groups in total. The number of rotatable bonds is 7. The third-order valence-corrected chi connectivity index (χ3v) is 3.57. The van der Waals surface area contributed by atoms with E-state index in [2.05, 4.69) is 5.32 Å². The highest BCUT2D eigenvalue weighted by Gasteiger charge is 2.09. The summed E-state index contributed by atoms with van der Waals surface area (Å²) in [6, 6.07) is 14.1. The van der Waals surface area contributed by atoms with Crippen LogP contribution in [0.25, 0.3) is 0 Å². The molecular weight excluding hydrogens is 293 g/mol. The van der Waals surface area contributed by atoms with Gasteiger partial charge < -0.3 is 10.1 Å². The number of nitrogens with one attached hydrogen (secondary N) is 1. The predicted molar refractivity (Wildman–Crippen MR) is 88.9 cm³/mol. The summed E-state index contributed by atoms with van der Waals surface area (Å²) in [6.07, 6.45) is 0.967. The van der Waals surface area contributed by atoms with Gasteiger partial charge in [0.2, 0.25) is 5.91 Å². The highest BCUT2D eigenvalue weighted by Crippen LogP contribution is 2.14. The Bertz CT molecular complexity index is 640. The molecule has 3 nitrogen and oxygen atoms in total. The highest BCUT2D eigenvalue weighted by molar-refractivity contribution is 5.76. The third kappa shape index (κ3) is 5.74. The molecule has 0 aliphatic rings. The van der Waals surface area contributed by atoms with Gasteiger partial charge in [0.25, 0.3) is 0 Å². The molecular formula is C19H22FNO2. The lowest BCUT2D eigenvalue weighted by molar-refractivity contribution is -0.121. The van der Waals surface area contributed by atoms with Crippen molar-refractivity contribution in [1.82, 2.24) is 5.32 Å². The van der Waals surface area contributed by atoms with Gasteiger partial charge in [-0.15, -0.1) is 0 Å². The van der Waals surface area contributed by atoms with Crippen LogP contribution in [0.1, 0.15) is 36.9 Å². The van der Waals surface area contributed by atoms with Gasteiger partial charge in [-0.05, 0) is 38.0 Å². The molecule has 0 aromatic heterocycles. The Morgan fingerprint density at radius 3 is 2.65 bits per heavy atom. The van der Waals surface area contributed by atoms with Crippen molar-refractivity contribution in [2.45, 2.75) is 32.7 Å². The van der Waals surface area contributed by atoms with Crippen molar-refractivity contribution < 1.29 is 13.9 Å². The van der Waals surface area contributed by atoms with Gasteiger partial charge in [-0.3, -0.25) is 4.79 Å². The van der Waals surface area contributed by atoms with Crippen LogP contribution in [-0.2, 0) is 4.79 Å². The number of benzene rings is 2. The van der Waals surface area contributed by atoms with Crippen LogP contribution in [-0.4, -0.2) is 12.5 Å². The van der Waals surface area contributed by atoms with Crippen LogP contribution < -0.4 is 10.1 Å². The number of carbonyl (C=O) groups is 1. The number of carbonyl (C=O) groups excluding carboxylic acids is 1. The zero-order chi connectivity index (χ0) is 16.7.